The van der Waals surface area contributed by atoms with E-state index in [4.69, 9.17) is 10.5 Å². The van der Waals surface area contributed by atoms with E-state index in [0.717, 1.165) is 16.7 Å². The minimum atomic E-state index is -0.643. The van der Waals surface area contributed by atoms with Crippen LogP contribution in [-0.4, -0.2) is 28.7 Å². The van der Waals surface area contributed by atoms with Gasteiger partial charge in [-0.1, -0.05) is 30.3 Å². The molecular formula is C22H23N3O4. The zero-order chi connectivity index (χ0) is 20.4. The van der Waals surface area contributed by atoms with Gasteiger partial charge in [0.25, 0.3) is 5.91 Å². The van der Waals surface area contributed by atoms with E-state index in [1.807, 2.05) is 30.3 Å². The standard InChI is InChI=1S/C22H23N3O4/c23-11-14-4-1-5-15(10-14)13-29-19-8-2-6-16-17(19)12-25(22(16)28)18-7-3-9-20(26)24-21(18)27/h1-2,4-6,8,10,18H,3,7,9,11-13,23H2,(H,24,26,27)/t18-/m0/s1. The first kappa shape index (κ1) is 19.1. The third-order valence-electron chi connectivity index (χ3n) is 5.40. The Labute approximate surface area is 168 Å². The lowest BCUT2D eigenvalue weighted by Crippen LogP contribution is -2.46. The van der Waals surface area contributed by atoms with Crippen molar-refractivity contribution in [2.75, 3.05) is 0 Å². The van der Waals surface area contributed by atoms with Crippen LogP contribution in [0.15, 0.2) is 42.5 Å². The molecule has 2 aliphatic rings. The number of ether oxygens (including phenoxy) is 1. The number of carbonyl (C=O) groups is 3. The molecule has 29 heavy (non-hydrogen) atoms. The van der Waals surface area contributed by atoms with E-state index in [-0.39, 0.29) is 11.8 Å². The fraction of sp³-hybridized carbons (Fsp3) is 0.318. The summed E-state index contributed by atoms with van der Waals surface area (Å²) >= 11 is 0. The molecule has 0 aromatic heterocycles. The van der Waals surface area contributed by atoms with Crippen molar-refractivity contribution in [2.45, 2.75) is 45.0 Å². The minimum absolute atomic E-state index is 0.204. The summed E-state index contributed by atoms with van der Waals surface area (Å²) in [7, 11) is 0. The van der Waals surface area contributed by atoms with Crippen LogP contribution in [0.2, 0.25) is 0 Å². The number of nitrogens with two attached hydrogens (primary N) is 1. The van der Waals surface area contributed by atoms with Gasteiger partial charge in [0.05, 0.1) is 6.54 Å². The average molecular weight is 393 g/mol. The van der Waals surface area contributed by atoms with E-state index in [1.54, 1.807) is 17.0 Å². The number of fused-ring (bicyclic) bond motifs is 1. The molecule has 4 rings (SSSR count). The van der Waals surface area contributed by atoms with Gasteiger partial charge in [-0.15, -0.1) is 0 Å². The summed E-state index contributed by atoms with van der Waals surface area (Å²) in [6.07, 6.45) is 1.34. The largest absolute Gasteiger partial charge is 0.489 e. The summed E-state index contributed by atoms with van der Waals surface area (Å²) in [6, 6.07) is 12.6. The topological polar surface area (TPSA) is 102 Å². The van der Waals surface area contributed by atoms with Crippen LogP contribution < -0.4 is 15.8 Å². The summed E-state index contributed by atoms with van der Waals surface area (Å²) in [6.45, 7) is 1.11. The lowest BCUT2D eigenvalue weighted by molar-refractivity contribution is -0.132. The highest BCUT2D eigenvalue weighted by molar-refractivity contribution is 6.04. The van der Waals surface area contributed by atoms with Gasteiger partial charge in [0.2, 0.25) is 11.8 Å². The van der Waals surface area contributed by atoms with Crippen molar-refractivity contribution >= 4 is 17.7 Å². The molecule has 3 amide bonds. The second kappa shape index (κ2) is 8.05. The monoisotopic (exact) mass is 393 g/mol. The zero-order valence-corrected chi connectivity index (χ0v) is 16.0. The van der Waals surface area contributed by atoms with Gasteiger partial charge in [-0.2, -0.15) is 0 Å². The van der Waals surface area contributed by atoms with Crippen molar-refractivity contribution in [1.82, 2.24) is 10.2 Å². The van der Waals surface area contributed by atoms with E-state index in [1.165, 1.54) is 0 Å². The van der Waals surface area contributed by atoms with Gasteiger partial charge in [-0.25, -0.2) is 0 Å². The predicted octanol–water partition coefficient (Wildman–Crippen LogP) is 1.88. The first-order chi connectivity index (χ1) is 14.1. The van der Waals surface area contributed by atoms with Crippen LogP contribution in [0.5, 0.6) is 5.75 Å². The maximum atomic E-state index is 12.9. The molecule has 1 fully saturated rings. The van der Waals surface area contributed by atoms with E-state index in [0.29, 0.717) is 50.3 Å². The van der Waals surface area contributed by atoms with Crippen LogP contribution in [0.25, 0.3) is 0 Å². The van der Waals surface area contributed by atoms with E-state index >= 15 is 0 Å². The number of nitrogens with one attached hydrogen (secondary N) is 1. The normalized spacial score (nSPS) is 19.0. The van der Waals surface area contributed by atoms with Crippen molar-refractivity contribution in [2.24, 2.45) is 5.73 Å². The highest BCUT2D eigenvalue weighted by Gasteiger charge is 2.39. The lowest BCUT2D eigenvalue weighted by atomic mass is 10.1. The Morgan fingerprint density at radius 1 is 1.10 bits per heavy atom. The summed E-state index contributed by atoms with van der Waals surface area (Å²) < 4.78 is 6.01. The molecule has 0 spiro atoms. The summed E-state index contributed by atoms with van der Waals surface area (Å²) in [5, 5.41) is 2.37. The Morgan fingerprint density at radius 3 is 2.72 bits per heavy atom. The molecule has 2 aromatic rings. The molecule has 2 heterocycles. The highest BCUT2D eigenvalue weighted by atomic mass is 16.5. The summed E-state index contributed by atoms with van der Waals surface area (Å²) in [4.78, 5) is 38.5. The van der Waals surface area contributed by atoms with E-state index in [2.05, 4.69) is 5.32 Å². The Morgan fingerprint density at radius 2 is 1.90 bits per heavy atom. The highest BCUT2D eigenvalue weighted by Crippen LogP contribution is 2.33. The molecule has 0 bridgehead atoms. The summed E-state index contributed by atoms with van der Waals surface area (Å²) in [5.74, 6) is -0.271. The van der Waals surface area contributed by atoms with Crippen LogP contribution in [0.1, 0.15) is 46.3 Å². The number of nitrogens with zero attached hydrogens (tertiary/aromatic N) is 1. The lowest BCUT2D eigenvalue weighted by Gasteiger charge is -2.24. The number of imide groups is 1. The van der Waals surface area contributed by atoms with Crippen molar-refractivity contribution in [3.05, 3.63) is 64.7 Å². The first-order valence-electron chi connectivity index (χ1n) is 9.74. The second-order valence-electron chi connectivity index (χ2n) is 7.35. The Balaban J connectivity index is 1.53. The molecular weight excluding hydrogens is 370 g/mol. The van der Waals surface area contributed by atoms with Crippen LogP contribution >= 0.6 is 0 Å². The second-order valence-corrected chi connectivity index (χ2v) is 7.35. The van der Waals surface area contributed by atoms with Gasteiger partial charge >= 0.3 is 0 Å². The number of amides is 3. The smallest absolute Gasteiger partial charge is 0.255 e. The maximum absolute atomic E-state index is 12.9. The number of carbonyl (C=O) groups excluding carboxylic acids is 3. The predicted molar refractivity (Wildman–Crippen MR) is 106 cm³/mol. The third-order valence-corrected chi connectivity index (χ3v) is 5.40. The van der Waals surface area contributed by atoms with Gasteiger partial charge < -0.3 is 15.4 Å². The Kier molecular flexibility index (Phi) is 5.31. The zero-order valence-electron chi connectivity index (χ0n) is 16.0. The SMILES string of the molecule is NCc1cccc(COc2cccc3c2CN([C@H]2CCCC(=O)NC2=O)C3=O)c1. The van der Waals surface area contributed by atoms with Gasteiger partial charge in [0.1, 0.15) is 18.4 Å². The molecule has 0 aliphatic carbocycles. The Hall–Kier alpha value is -3.19. The van der Waals surface area contributed by atoms with Gasteiger partial charge in [-0.05, 0) is 36.1 Å². The molecule has 2 aromatic carbocycles. The van der Waals surface area contributed by atoms with Gasteiger partial charge in [0.15, 0.2) is 0 Å². The fourth-order valence-electron chi connectivity index (χ4n) is 3.89. The van der Waals surface area contributed by atoms with Gasteiger partial charge in [0, 0.05) is 24.1 Å². The van der Waals surface area contributed by atoms with Crippen LogP contribution in [0, 0.1) is 0 Å². The molecule has 150 valence electrons. The third kappa shape index (κ3) is 3.86. The fourth-order valence-corrected chi connectivity index (χ4v) is 3.89. The molecule has 7 nitrogen and oxygen atoms in total. The summed E-state index contributed by atoms with van der Waals surface area (Å²) in [5.41, 5.74) is 9.03. The molecule has 1 atom stereocenters. The quantitative estimate of drug-likeness (QED) is 0.755. The van der Waals surface area contributed by atoms with Gasteiger partial charge in [-0.3, -0.25) is 19.7 Å². The molecule has 3 N–H and O–H groups in total. The van der Waals surface area contributed by atoms with Crippen molar-refractivity contribution in [1.29, 1.82) is 0 Å². The molecule has 0 saturated carbocycles. The van der Waals surface area contributed by atoms with Crippen molar-refractivity contribution < 1.29 is 19.1 Å². The average Bonchev–Trinajstić information content (AvgIpc) is 2.96. The maximum Gasteiger partial charge on any atom is 0.255 e. The van der Waals surface area contributed by atoms with E-state index < -0.39 is 11.9 Å². The van der Waals surface area contributed by atoms with Crippen LogP contribution in [-0.2, 0) is 29.3 Å². The Bertz CT molecular complexity index is 972. The molecule has 2 aliphatic heterocycles. The number of benzene rings is 2. The molecule has 0 radical (unpaired) electrons. The van der Waals surface area contributed by atoms with Crippen LogP contribution in [0.3, 0.4) is 0 Å². The van der Waals surface area contributed by atoms with Crippen molar-refractivity contribution in [3.63, 3.8) is 0 Å². The number of hydrogen-bond acceptors (Lipinski definition) is 5. The van der Waals surface area contributed by atoms with E-state index in [9.17, 15) is 14.4 Å². The number of hydrogen-bond donors (Lipinski definition) is 2. The molecule has 1 saturated heterocycles. The first-order valence-corrected chi connectivity index (χ1v) is 9.74. The molecule has 0 unspecified atom stereocenters. The minimum Gasteiger partial charge on any atom is -0.489 e. The van der Waals surface area contributed by atoms with Crippen molar-refractivity contribution in [3.8, 4) is 5.75 Å². The number of rotatable bonds is 5. The molecule has 7 heteroatoms. The van der Waals surface area contributed by atoms with Crippen LogP contribution in [0.4, 0.5) is 0 Å².